The highest BCUT2D eigenvalue weighted by molar-refractivity contribution is 6.32. The number of hydrogen-bond donors (Lipinski definition) is 2. The molecular formula is C24H21ClF3N5O. The molecule has 0 fully saturated rings. The van der Waals surface area contributed by atoms with Gasteiger partial charge >= 0.3 is 6.18 Å². The minimum absolute atomic E-state index is 0.0140. The van der Waals surface area contributed by atoms with Crippen molar-refractivity contribution in [1.82, 2.24) is 20.2 Å². The molecule has 0 aliphatic heterocycles. The number of benzene rings is 1. The molecule has 34 heavy (non-hydrogen) atoms. The summed E-state index contributed by atoms with van der Waals surface area (Å²) in [7, 11) is 0. The average Bonchev–Trinajstić information content (AvgIpc) is 3.33. The number of aromatic amines is 1. The smallest absolute Gasteiger partial charge is 0.433 e. The van der Waals surface area contributed by atoms with E-state index in [1.54, 1.807) is 18.3 Å². The monoisotopic (exact) mass is 487 g/mol. The maximum atomic E-state index is 13.3. The van der Waals surface area contributed by atoms with E-state index in [0.29, 0.717) is 22.0 Å². The van der Waals surface area contributed by atoms with Crippen molar-refractivity contribution in [2.75, 3.05) is 5.32 Å². The molecule has 0 aliphatic carbocycles. The molecule has 0 amide bonds. The molecule has 176 valence electrons. The lowest BCUT2D eigenvalue weighted by Gasteiger charge is -2.13. The molecule has 10 heteroatoms. The summed E-state index contributed by atoms with van der Waals surface area (Å²) in [5.74, 6) is 0.611. The van der Waals surface area contributed by atoms with Gasteiger partial charge in [0.1, 0.15) is 11.4 Å². The van der Waals surface area contributed by atoms with E-state index < -0.39 is 11.9 Å². The Bertz CT molecular complexity index is 1260. The molecule has 0 spiro atoms. The number of hydrogen-bond acceptors (Lipinski definition) is 5. The van der Waals surface area contributed by atoms with Gasteiger partial charge < -0.3 is 10.1 Å². The Balaban J connectivity index is 1.49. The van der Waals surface area contributed by atoms with Gasteiger partial charge in [0.2, 0.25) is 0 Å². The van der Waals surface area contributed by atoms with Crippen LogP contribution in [0.15, 0.2) is 61.1 Å². The molecule has 3 heterocycles. The Morgan fingerprint density at radius 3 is 2.44 bits per heavy atom. The lowest BCUT2D eigenvalue weighted by Crippen LogP contribution is -2.10. The van der Waals surface area contributed by atoms with Crippen LogP contribution in [0.2, 0.25) is 5.02 Å². The first-order chi connectivity index (χ1) is 16.2. The first kappa shape index (κ1) is 23.6. The normalized spacial score (nSPS) is 11.6. The average molecular weight is 488 g/mol. The molecule has 0 radical (unpaired) electrons. The van der Waals surface area contributed by atoms with Crippen molar-refractivity contribution >= 4 is 17.3 Å². The fraction of sp³-hybridized carbons (Fsp3) is 0.208. The van der Waals surface area contributed by atoms with Crippen molar-refractivity contribution in [3.05, 3.63) is 77.5 Å². The molecule has 0 unspecified atom stereocenters. The lowest BCUT2D eigenvalue weighted by molar-refractivity contribution is -0.141. The van der Waals surface area contributed by atoms with E-state index in [9.17, 15) is 13.2 Å². The molecule has 0 atom stereocenters. The lowest BCUT2D eigenvalue weighted by atomic mass is 10.1. The summed E-state index contributed by atoms with van der Waals surface area (Å²) in [6.45, 7) is 4.08. The highest BCUT2D eigenvalue weighted by Crippen LogP contribution is 2.33. The van der Waals surface area contributed by atoms with Crippen LogP contribution in [-0.2, 0) is 12.7 Å². The van der Waals surface area contributed by atoms with Crippen molar-refractivity contribution in [1.29, 1.82) is 0 Å². The second-order valence-electron chi connectivity index (χ2n) is 7.81. The summed E-state index contributed by atoms with van der Waals surface area (Å²) in [4.78, 5) is 8.14. The third-order valence-electron chi connectivity index (χ3n) is 4.84. The fourth-order valence-corrected chi connectivity index (χ4v) is 3.46. The zero-order chi connectivity index (χ0) is 24.3. The van der Waals surface area contributed by atoms with Gasteiger partial charge in [-0.1, -0.05) is 23.7 Å². The van der Waals surface area contributed by atoms with Gasteiger partial charge in [-0.05, 0) is 49.7 Å². The van der Waals surface area contributed by atoms with Crippen molar-refractivity contribution < 1.29 is 17.9 Å². The van der Waals surface area contributed by atoms with Gasteiger partial charge in [-0.25, -0.2) is 4.98 Å². The Hall–Kier alpha value is -3.59. The van der Waals surface area contributed by atoms with Crippen LogP contribution in [0.5, 0.6) is 5.75 Å². The number of anilines is 1. The Labute approximate surface area is 199 Å². The molecular weight excluding hydrogens is 467 g/mol. The Morgan fingerprint density at radius 2 is 1.82 bits per heavy atom. The fourth-order valence-electron chi connectivity index (χ4n) is 3.24. The van der Waals surface area contributed by atoms with Crippen molar-refractivity contribution in [2.24, 2.45) is 0 Å². The summed E-state index contributed by atoms with van der Waals surface area (Å²) >= 11 is 6.32. The van der Waals surface area contributed by atoms with Crippen LogP contribution >= 0.6 is 11.6 Å². The zero-order valence-electron chi connectivity index (χ0n) is 18.3. The van der Waals surface area contributed by atoms with E-state index >= 15 is 0 Å². The number of nitrogens with one attached hydrogen (secondary N) is 2. The molecule has 0 bridgehead atoms. The standard InChI is InChI=1S/C24H21ClF3N5O/c1-14(2)34-22-6-4-15(7-20(22)25)16-3-5-18(29-10-16)13-30-19-8-21(17-11-31-32-12-17)33-23(9-19)24(26,27)28/h3-12,14H,13H2,1-2H3,(H,30,33)(H,31,32). The first-order valence-electron chi connectivity index (χ1n) is 10.4. The third-order valence-corrected chi connectivity index (χ3v) is 5.13. The van der Waals surface area contributed by atoms with Crippen molar-refractivity contribution in [3.8, 4) is 28.1 Å². The number of aromatic nitrogens is 4. The maximum Gasteiger partial charge on any atom is 0.433 e. The van der Waals surface area contributed by atoms with Gasteiger partial charge in [0, 0.05) is 29.2 Å². The predicted molar refractivity (Wildman–Crippen MR) is 125 cm³/mol. The molecule has 6 nitrogen and oxygen atoms in total. The first-order valence-corrected chi connectivity index (χ1v) is 10.8. The molecule has 0 saturated heterocycles. The van der Waals surface area contributed by atoms with Crippen LogP contribution < -0.4 is 10.1 Å². The quantitative estimate of drug-likeness (QED) is 0.307. The molecule has 0 saturated carbocycles. The van der Waals surface area contributed by atoms with Crippen molar-refractivity contribution in [3.63, 3.8) is 0 Å². The number of ether oxygens (including phenoxy) is 1. The number of alkyl halides is 3. The number of H-pyrrole nitrogens is 1. The van der Waals surface area contributed by atoms with Gasteiger partial charge in [-0.3, -0.25) is 10.1 Å². The van der Waals surface area contributed by atoms with Gasteiger partial charge in [0.25, 0.3) is 0 Å². The van der Waals surface area contributed by atoms with Crippen LogP contribution in [0, 0.1) is 0 Å². The van der Waals surface area contributed by atoms with Gasteiger partial charge in [-0.2, -0.15) is 18.3 Å². The summed E-state index contributed by atoms with van der Waals surface area (Å²) in [5.41, 5.74) is 2.30. The van der Waals surface area contributed by atoms with E-state index in [2.05, 4.69) is 25.5 Å². The second-order valence-corrected chi connectivity index (χ2v) is 8.22. The SMILES string of the molecule is CC(C)Oc1ccc(-c2ccc(CNc3cc(-c4cn[nH]c4)nc(C(F)(F)F)c3)nc2)cc1Cl. The van der Waals surface area contributed by atoms with Gasteiger partial charge in [0.05, 0.1) is 35.3 Å². The van der Waals surface area contributed by atoms with Crippen molar-refractivity contribution in [2.45, 2.75) is 32.7 Å². The summed E-state index contributed by atoms with van der Waals surface area (Å²) < 4.78 is 45.6. The number of nitrogens with zero attached hydrogens (tertiary/aromatic N) is 3. The zero-order valence-corrected chi connectivity index (χ0v) is 19.1. The Kier molecular flexibility index (Phi) is 6.74. The molecule has 0 aliphatic rings. The maximum absolute atomic E-state index is 13.3. The largest absolute Gasteiger partial charge is 0.489 e. The van der Waals surface area contributed by atoms with Gasteiger partial charge in [0.15, 0.2) is 0 Å². The minimum Gasteiger partial charge on any atom is -0.489 e. The molecule has 2 N–H and O–H groups in total. The topological polar surface area (TPSA) is 75.7 Å². The minimum atomic E-state index is -4.58. The van der Waals surface area contributed by atoms with E-state index in [1.165, 1.54) is 18.5 Å². The predicted octanol–water partition coefficient (Wildman–Crippen LogP) is 6.61. The van der Waals surface area contributed by atoms with Crippen LogP contribution in [0.3, 0.4) is 0 Å². The summed E-state index contributed by atoms with van der Waals surface area (Å²) in [6, 6.07) is 11.7. The van der Waals surface area contributed by atoms with Crippen LogP contribution in [0.1, 0.15) is 25.2 Å². The Morgan fingerprint density at radius 1 is 1.03 bits per heavy atom. The van der Waals surface area contributed by atoms with Crippen LogP contribution in [-0.4, -0.2) is 26.3 Å². The number of halogens is 4. The molecule has 4 rings (SSSR count). The van der Waals surface area contributed by atoms with E-state index in [1.807, 2.05) is 32.0 Å². The van der Waals surface area contributed by atoms with Crippen LogP contribution in [0.25, 0.3) is 22.4 Å². The van der Waals surface area contributed by atoms with Gasteiger partial charge in [-0.15, -0.1) is 0 Å². The molecule has 4 aromatic rings. The highest BCUT2D eigenvalue weighted by Gasteiger charge is 2.33. The van der Waals surface area contributed by atoms with E-state index in [-0.39, 0.29) is 24.0 Å². The second kappa shape index (κ2) is 9.72. The van der Waals surface area contributed by atoms with E-state index in [4.69, 9.17) is 16.3 Å². The third kappa shape index (κ3) is 5.66. The molecule has 3 aromatic heterocycles. The number of pyridine rings is 2. The summed E-state index contributed by atoms with van der Waals surface area (Å²) in [5, 5.41) is 9.86. The highest BCUT2D eigenvalue weighted by atomic mass is 35.5. The number of rotatable bonds is 7. The van der Waals surface area contributed by atoms with E-state index in [0.717, 1.165) is 17.2 Å². The van der Waals surface area contributed by atoms with Crippen LogP contribution in [0.4, 0.5) is 18.9 Å². The molecule has 1 aromatic carbocycles. The summed E-state index contributed by atoms with van der Waals surface area (Å²) in [6.07, 6.45) is 0.0319.